The van der Waals surface area contributed by atoms with Gasteiger partial charge in [0.2, 0.25) is 0 Å². The van der Waals surface area contributed by atoms with Crippen molar-refractivity contribution in [3.8, 4) is 5.82 Å². The molecule has 0 saturated carbocycles. The molecule has 0 unspecified atom stereocenters. The molecular weight excluding hydrogens is 196 g/mol. The second kappa shape index (κ2) is 3.87. The Balaban J connectivity index is 2.29. The predicted octanol–water partition coefficient (Wildman–Crippen LogP) is 0.449. The Morgan fingerprint density at radius 3 is 2.87 bits per heavy atom. The first-order chi connectivity index (χ1) is 7.31. The predicted molar refractivity (Wildman–Crippen MR) is 50.5 cm³/mol. The van der Waals surface area contributed by atoms with Crippen LogP contribution in [0.15, 0.2) is 30.7 Å². The number of hydrogen-bond donors (Lipinski definition) is 0. The van der Waals surface area contributed by atoms with Gasteiger partial charge in [0.25, 0.3) is 0 Å². The molecule has 2 aromatic heterocycles. The highest BCUT2D eigenvalue weighted by Crippen LogP contribution is 2.04. The molecule has 2 rings (SSSR count). The number of ether oxygens (including phenoxy) is 1. The first kappa shape index (κ1) is 9.32. The summed E-state index contributed by atoms with van der Waals surface area (Å²) in [4.78, 5) is 15.2. The number of nitrogens with zero attached hydrogens (tertiary/aromatic N) is 4. The van der Waals surface area contributed by atoms with Crippen LogP contribution in [0.3, 0.4) is 0 Å². The van der Waals surface area contributed by atoms with Crippen LogP contribution in [0.1, 0.15) is 10.4 Å². The van der Waals surface area contributed by atoms with Gasteiger partial charge in [0, 0.05) is 6.20 Å². The molecule has 0 N–H and O–H groups in total. The Bertz CT molecular complexity index is 449. The number of carbonyl (C=O) groups is 1. The van der Waals surface area contributed by atoms with E-state index < -0.39 is 5.97 Å². The van der Waals surface area contributed by atoms with Gasteiger partial charge in [-0.1, -0.05) is 5.21 Å². The number of rotatable bonds is 2. The van der Waals surface area contributed by atoms with Crippen molar-refractivity contribution in [3.05, 3.63) is 36.3 Å². The van der Waals surface area contributed by atoms with Crippen LogP contribution >= 0.6 is 0 Å². The molecule has 0 fully saturated rings. The molecule has 0 bridgehead atoms. The smallest absolute Gasteiger partial charge is 0.339 e. The molecule has 0 spiro atoms. The number of carbonyl (C=O) groups excluding carboxylic acids is 1. The van der Waals surface area contributed by atoms with Crippen molar-refractivity contribution >= 4 is 5.97 Å². The zero-order chi connectivity index (χ0) is 10.7. The zero-order valence-electron chi connectivity index (χ0n) is 7.99. The van der Waals surface area contributed by atoms with Crippen molar-refractivity contribution in [2.24, 2.45) is 0 Å². The second-order valence-corrected chi connectivity index (χ2v) is 2.74. The first-order valence-electron chi connectivity index (χ1n) is 4.22. The molecule has 15 heavy (non-hydrogen) atoms. The Hall–Kier alpha value is -2.24. The van der Waals surface area contributed by atoms with Gasteiger partial charge in [0.05, 0.1) is 25.1 Å². The van der Waals surface area contributed by atoms with E-state index in [1.165, 1.54) is 18.0 Å². The second-order valence-electron chi connectivity index (χ2n) is 2.74. The Labute approximate surface area is 85.5 Å². The van der Waals surface area contributed by atoms with Gasteiger partial charge in [-0.15, -0.1) is 5.10 Å². The summed E-state index contributed by atoms with van der Waals surface area (Å²) < 4.78 is 6.05. The third kappa shape index (κ3) is 1.83. The van der Waals surface area contributed by atoms with E-state index >= 15 is 0 Å². The maximum absolute atomic E-state index is 11.1. The Kier molecular flexibility index (Phi) is 2.40. The van der Waals surface area contributed by atoms with Gasteiger partial charge in [-0.3, -0.25) is 0 Å². The number of esters is 1. The van der Waals surface area contributed by atoms with Crippen LogP contribution in [0.25, 0.3) is 5.82 Å². The van der Waals surface area contributed by atoms with E-state index in [2.05, 4.69) is 20.0 Å². The molecule has 2 aromatic rings. The lowest BCUT2D eigenvalue weighted by Crippen LogP contribution is -2.04. The highest BCUT2D eigenvalue weighted by atomic mass is 16.5. The SMILES string of the molecule is COC(=O)c1ccc(-n2ccnn2)nc1. The topological polar surface area (TPSA) is 69.9 Å². The van der Waals surface area contributed by atoms with E-state index in [9.17, 15) is 4.79 Å². The molecule has 0 amide bonds. The van der Waals surface area contributed by atoms with Gasteiger partial charge in [0.15, 0.2) is 5.82 Å². The van der Waals surface area contributed by atoms with Crippen molar-refractivity contribution in [1.29, 1.82) is 0 Å². The fourth-order valence-corrected chi connectivity index (χ4v) is 1.09. The van der Waals surface area contributed by atoms with Gasteiger partial charge in [0.1, 0.15) is 0 Å². The van der Waals surface area contributed by atoms with Crippen LogP contribution in [0.2, 0.25) is 0 Å². The van der Waals surface area contributed by atoms with E-state index in [-0.39, 0.29) is 0 Å². The molecule has 2 heterocycles. The Morgan fingerprint density at radius 1 is 1.47 bits per heavy atom. The van der Waals surface area contributed by atoms with Crippen molar-refractivity contribution in [3.63, 3.8) is 0 Å². The van der Waals surface area contributed by atoms with E-state index in [0.29, 0.717) is 11.4 Å². The lowest BCUT2D eigenvalue weighted by molar-refractivity contribution is 0.0600. The summed E-state index contributed by atoms with van der Waals surface area (Å²) in [5, 5.41) is 7.42. The van der Waals surface area contributed by atoms with Crippen LogP contribution in [0.4, 0.5) is 0 Å². The van der Waals surface area contributed by atoms with Crippen molar-refractivity contribution in [2.75, 3.05) is 7.11 Å². The molecular formula is C9H8N4O2. The maximum atomic E-state index is 11.1. The number of pyridine rings is 1. The van der Waals surface area contributed by atoms with Gasteiger partial charge in [-0.25, -0.2) is 14.5 Å². The lowest BCUT2D eigenvalue weighted by atomic mass is 10.3. The minimum atomic E-state index is -0.410. The molecule has 6 heteroatoms. The van der Waals surface area contributed by atoms with Crippen molar-refractivity contribution in [2.45, 2.75) is 0 Å². The summed E-state index contributed by atoms with van der Waals surface area (Å²) in [6, 6.07) is 3.29. The molecule has 0 aliphatic rings. The van der Waals surface area contributed by atoms with Gasteiger partial charge in [-0.2, -0.15) is 0 Å². The number of hydrogen-bond acceptors (Lipinski definition) is 5. The third-order valence-electron chi connectivity index (χ3n) is 1.83. The molecule has 0 aliphatic carbocycles. The monoisotopic (exact) mass is 204 g/mol. The molecule has 76 valence electrons. The molecule has 0 aliphatic heterocycles. The molecule has 0 atom stereocenters. The van der Waals surface area contributed by atoms with Gasteiger partial charge >= 0.3 is 5.97 Å². The Morgan fingerprint density at radius 2 is 2.33 bits per heavy atom. The minimum absolute atomic E-state index is 0.404. The van der Waals surface area contributed by atoms with Crippen LogP contribution in [0, 0.1) is 0 Å². The van der Waals surface area contributed by atoms with Crippen LogP contribution in [-0.2, 0) is 4.74 Å². The molecule has 0 radical (unpaired) electrons. The molecule has 0 aromatic carbocycles. The summed E-state index contributed by atoms with van der Waals surface area (Å²) in [6.07, 6.45) is 4.65. The quantitative estimate of drug-likeness (QED) is 0.664. The van der Waals surface area contributed by atoms with E-state index in [1.54, 1.807) is 24.5 Å². The van der Waals surface area contributed by atoms with E-state index in [4.69, 9.17) is 0 Å². The van der Waals surface area contributed by atoms with Crippen molar-refractivity contribution in [1.82, 2.24) is 20.0 Å². The van der Waals surface area contributed by atoms with E-state index in [1.807, 2.05) is 0 Å². The average molecular weight is 204 g/mol. The highest BCUT2D eigenvalue weighted by molar-refractivity contribution is 5.88. The summed E-state index contributed by atoms with van der Waals surface area (Å²) in [5.74, 6) is 0.188. The summed E-state index contributed by atoms with van der Waals surface area (Å²) in [6.45, 7) is 0. The largest absolute Gasteiger partial charge is 0.465 e. The third-order valence-corrected chi connectivity index (χ3v) is 1.83. The number of methoxy groups -OCH3 is 1. The lowest BCUT2D eigenvalue weighted by Gasteiger charge is -2.00. The zero-order valence-corrected chi connectivity index (χ0v) is 7.99. The summed E-state index contributed by atoms with van der Waals surface area (Å²) >= 11 is 0. The normalized spacial score (nSPS) is 9.93. The van der Waals surface area contributed by atoms with Crippen LogP contribution in [0.5, 0.6) is 0 Å². The minimum Gasteiger partial charge on any atom is -0.465 e. The number of aromatic nitrogens is 4. The van der Waals surface area contributed by atoms with Gasteiger partial charge in [-0.05, 0) is 12.1 Å². The standard InChI is InChI=1S/C9H8N4O2/c1-15-9(14)7-2-3-8(10-6-7)13-5-4-11-12-13/h2-6H,1H3. The van der Waals surface area contributed by atoms with Gasteiger partial charge < -0.3 is 4.74 Å². The average Bonchev–Trinajstić information content (AvgIpc) is 2.82. The fourth-order valence-electron chi connectivity index (χ4n) is 1.09. The van der Waals surface area contributed by atoms with E-state index in [0.717, 1.165) is 0 Å². The highest BCUT2D eigenvalue weighted by Gasteiger charge is 2.05. The first-order valence-corrected chi connectivity index (χ1v) is 4.22. The summed E-state index contributed by atoms with van der Waals surface area (Å²) in [7, 11) is 1.33. The van der Waals surface area contributed by atoms with Crippen LogP contribution in [-0.4, -0.2) is 33.1 Å². The maximum Gasteiger partial charge on any atom is 0.339 e. The molecule has 6 nitrogen and oxygen atoms in total. The van der Waals surface area contributed by atoms with Crippen molar-refractivity contribution < 1.29 is 9.53 Å². The summed E-state index contributed by atoms with van der Waals surface area (Å²) in [5.41, 5.74) is 0.404. The van der Waals surface area contributed by atoms with Crippen LogP contribution < -0.4 is 0 Å². The molecule has 0 saturated heterocycles. The fraction of sp³-hybridized carbons (Fsp3) is 0.111.